The topological polar surface area (TPSA) is 106 Å². The maximum atomic E-state index is 12.1. The molecule has 27 heavy (non-hydrogen) atoms. The first-order valence-corrected chi connectivity index (χ1v) is 8.59. The largest absolute Gasteiger partial charge is 0.444 e. The molecule has 0 radical (unpaired) electrons. The van der Waals surface area contributed by atoms with Crippen LogP contribution in [0.25, 0.3) is 11.0 Å². The second kappa shape index (κ2) is 6.90. The third-order valence-corrected chi connectivity index (χ3v) is 4.19. The predicted molar refractivity (Wildman–Crippen MR) is 99.2 cm³/mol. The third kappa shape index (κ3) is 4.18. The van der Waals surface area contributed by atoms with Crippen LogP contribution in [0.15, 0.2) is 33.5 Å². The van der Waals surface area contributed by atoms with E-state index in [4.69, 9.17) is 9.15 Å². The van der Waals surface area contributed by atoms with Crippen LogP contribution in [0.3, 0.4) is 0 Å². The molecule has 0 N–H and O–H groups in total. The van der Waals surface area contributed by atoms with Crippen molar-refractivity contribution in [3.63, 3.8) is 0 Å². The zero-order chi connectivity index (χ0) is 19.8. The molecule has 3 rings (SSSR count). The standard InChI is InChI=1S/C18H21N3O6/c1-18(2,3)27-17(23)20-8-6-19(7-9-20)13-4-5-15-12(10-13)11-14(21(24)25)16(22)26-15/h4-5,10-11H,6-9H2,1-3H3. The fourth-order valence-electron chi connectivity index (χ4n) is 2.90. The van der Waals surface area contributed by atoms with Gasteiger partial charge in [0.1, 0.15) is 11.2 Å². The van der Waals surface area contributed by atoms with Crippen molar-refractivity contribution >= 4 is 28.4 Å². The molecule has 1 saturated heterocycles. The number of hydrogen-bond acceptors (Lipinski definition) is 7. The molecule has 0 saturated carbocycles. The molecule has 9 nitrogen and oxygen atoms in total. The summed E-state index contributed by atoms with van der Waals surface area (Å²) in [6.45, 7) is 7.70. The zero-order valence-corrected chi connectivity index (χ0v) is 15.4. The van der Waals surface area contributed by atoms with Gasteiger partial charge in [-0.1, -0.05) is 0 Å². The molecule has 0 bridgehead atoms. The van der Waals surface area contributed by atoms with Crippen molar-refractivity contribution in [3.05, 3.63) is 44.8 Å². The third-order valence-electron chi connectivity index (χ3n) is 4.19. The highest BCUT2D eigenvalue weighted by Gasteiger charge is 2.26. The molecule has 0 aliphatic carbocycles. The maximum absolute atomic E-state index is 12.1. The fraction of sp³-hybridized carbons (Fsp3) is 0.444. The molecule has 2 aromatic rings. The Balaban J connectivity index is 1.75. The number of nitro groups is 1. The number of fused-ring (bicyclic) bond motifs is 1. The average Bonchev–Trinajstić information content (AvgIpc) is 2.59. The highest BCUT2D eigenvalue weighted by Crippen LogP contribution is 2.25. The molecule has 9 heteroatoms. The van der Waals surface area contributed by atoms with Crippen LogP contribution in [0.5, 0.6) is 0 Å². The van der Waals surface area contributed by atoms with Gasteiger partial charge < -0.3 is 19.0 Å². The normalized spacial score (nSPS) is 15.1. The van der Waals surface area contributed by atoms with Gasteiger partial charge in [0.25, 0.3) is 0 Å². The molecule has 0 atom stereocenters. The Bertz CT molecular complexity index is 938. The summed E-state index contributed by atoms with van der Waals surface area (Å²) in [7, 11) is 0. The lowest BCUT2D eigenvalue weighted by Crippen LogP contribution is -2.50. The molecule has 1 aromatic heterocycles. The Labute approximate surface area is 155 Å². The second-order valence-electron chi connectivity index (χ2n) is 7.35. The molecular weight excluding hydrogens is 354 g/mol. The first-order chi connectivity index (χ1) is 12.6. The van der Waals surface area contributed by atoms with E-state index in [9.17, 15) is 19.7 Å². The van der Waals surface area contributed by atoms with E-state index in [0.717, 1.165) is 5.69 Å². The minimum absolute atomic E-state index is 0.293. The van der Waals surface area contributed by atoms with Gasteiger partial charge in [-0.25, -0.2) is 9.59 Å². The van der Waals surface area contributed by atoms with Crippen molar-refractivity contribution in [1.82, 2.24) is 4.90 Å². The smallest absolute Gasteiger partial charge is 0.415 e. The van der Waals surface area contributed by atoms with Gasteiger partial charge in [0.2, 0.25) is 0 Å². The lowest BCUT2D eigenvalue weighted by Gasteiger charge is -2.36. The monoisotopic (exact) mass is 375 g/mol. The van der Waals surface area contributed by atoms with Crippen LogP contribution < -0.4 is 10.5 Å². The van der Waals surface area contributed by atoms with E-state index in [0.29, 0.717) is 37.1 Å². The molecule has 2 heterocycles. The molecule has 1 amide bonds. The summed E-state index contributed by atoms with van der Waals surface area (Å²) < 4.78 is 10.4. The lowest BCUT2D eigenvalue weighted by atomic mass is 10.1. The Hall–Kier alpha value is -3.10. The van der Waals surface area contributed by atoms with Gasteiger partial charge in [-0.2, -0.15) is 0 Å². The summed E-state index contributed by atoms with van der Waals surface area (Å²) in [5.74, 6) is 0. The molecular formula is C18H21N3O6. The zero-order valence-electron chi connectivity index (χ0n) is 15.4. The Morgan fingerprint density at radius 2 is 1.85 bits per heavy atom. The first-order valence-electron chi connectivity index (χ1n) is 8.59. The number of hydrogen-bond donors (Lipinski definition) is 0. The lowest BCUT2D eigenvalue weighted by molar-refractivity contribution is -0.387. The summed E-state index contributed by atoms with van der Waals surface area (Å²) in [5, 5.41) is 11.4. The number of anilines is 1. The van der Waals surface area contributed by atoms with E-state index in [1.165, 1.54) is 6.07 Å². The number of amides is 1. The molecule has 1 aromatic carbocycles. The quantitative estimate of drug-likeness (QED) is 0.451. The Morgan fingerprint density at radius 1 is 1.19 bits per heavy atom. The molecule has 0 spiro atoms. The van der Waals surface area contributed by atoms with Crippen LogP contribution in [0.1, 0.15) is 20.8 Å². The number of carbonyl (C=O) groups is 1. The van der Waals surface area contributed by atoms with Crippen molar-refractivity contribution in [1.29, 1.82) is 0 Å². The second-order valence-corrected chi connectivity index (χ2v) is 7.35. The summed E-state index contributed by atoms with van der Waals surface area (Å²) in [4.78, 5) is 37.6. The molecule has 144 valence electrons. The highest BCUT2D eigenvalue weighted by atomic mass is 16.6. The number of benzene rings is 1. The van der Waals surface area contributed by atoms with Crippen LogP contribution in [0, 0.1) is 10.1 Å². The summed E-state index contributed by atoms with van der Waals surface area (Å²) >= 11 is 0. The van der Waals surface area contributed by atoms with E-state index in [-0.39, 0.29) is 6.09 Å². The molecule has 1 aliphatic rings. The number of piperazine rings is 1. The van der Waals surface area contributed by atoms with Gasteiger partial charge in [-0.05, 0) is 39.0 Å². The van der Waals surface area contributed by atoms with Crippen molar-refractivity contribution < 1.29 is 18.9 Å². The van der Waals surface area contributed by atoms with E-state index in [1.54, 1.807) is 23.1 Å². The van der Waals surface area contributed by atoms with Crippen molar-refractivity contribution in [2.75, 3.05) is 31.1 Å². The van der Waals surface area contributed by atoms with E-state index in [2.05, 4.69) is 4.90 Å². The number of nitrogens with zero attached hydrogens (tertiary/aromatic N) is 3. The van der Waals surface area contributed by atoms with E-state index < -0.39 is 21.8 Å². The average molecular weight is 375 g/mol. The van der Waals surface area contributed by atoms with Crippen LogP contribution in [0.4, 0.5) is 16.2 Å². The van der Waals surface area contributed by atoms with Gasteiger partial charge in [0, 0.05) is 43.3 Å². The highest BCUT2D eigenvalue weighted by molar-refractivity contribution is 5.82. The summed E-state index contributed by atoms with van der Waals surface area (Å²) in [6.07, 6.45) is -0.335. The van der Waals surface area contributed by atoms with Crippen molar-refractivity contribution in [3.8, 4) is 0 Å². The summed E-state index contributed by atoms with van der Waals surface area (Å²) in [6, 6.07) is 6.38. The van der Waals surface area contributed by atoms with Crippen LogP contribution in [-0.4, -0.2) is 47.7 Å². The number of carbonyl (C=O) groups excluding carboxylic acids is 1. The van der Waals surface area contributed by atoms with E-state index >= 15 is 0 Å². The number of rotatable bonds is 2. The molecule has 1 aliphatic heterocycles. The van der Waals surface area contributed by atoms with Gasteiger partial charge in [-0.3, -0.25) is 10.1 Å². The van der Waals surface area contributed by atoms with Crippen molar-refractivity contribution in [2.45, 2.75) is 26.4 Å². The van der Waals surface area contributed by atoms with Gasteiger partial charge in [0.15, 0.2) is 0 Å². The maximum Gasteiger partial charge on any atom is 0.415 e. The van der Waals surface area contributed by atoms with Crippen LogP contribution >= 0.6 is 0 Å². The predicted octanol–water partition coefficient (Wildman–Crippen LogP) is 2.76. The minimum atomic E-state index is -0.966. The summed E-state index contributed by atoms with van der Waals surface area (Å²) in [5.41, 5.74) is -0.956. The van der Waals surface area contributed by atoms with Gasteiger partial charge >= 0.3 is 17.4 Å². The van der Waals surface area contributed by atoms with E-state index in [1.807, 2.05) is 20.8 Å². The van der Waals surface area contributed by atoms with Gasteiger partial charge in [-0.15, -0.1) is 0 Å². The van der Waals surface area contributed by atoms with Crippen LogP contribution in [-0.2, 0) is 4.74 Å². The molecule has 1 fully saturated rings. The fourth-order valence-corrected chi connectivity index (χ4v) is 2.90. The Kier molecular flexibility index (Phi) is 4.77. The Morgan fingerprint density at radius 3 is 2.44 bits per heavy atom. The molecule has 0 unspecified atom stereocenters. The number of ether oxygens (including phenoxy) is 1. The SMILES string of the molecule is CC(C)(C)OC(=O)N1CCN(c2ccc3oc(=O)c([N+](=O)[O-])cc3c2)CC1. The minimum Gasteiger partial charge on any atom is -0.444 e. The van der Waals surface area contributed by atoms with Crippen molar-refractivity contribution in [2.24, 2.45) is 0 Å². The van der Waals surface area contributed by atoms with Crippen LogP contribution in [0.2, 0.25) is 0 Å². The first kappa shape index (κ1) is 18.7. The van der Waals surface area contributed by atoms with Gasteiger partial charge in [0.05, 0.1) is 4.92 Å².